The Balaban J connectivity index is 2.08. The van der Waals surface area contributed by atoms with Crippen LogP contribution in [0.15, 0.2) is 30.2 Å². The number of anilines is 1. The Morgan fingerprint density at radius 3 is 2.70 bits per heavy atom. The van der Waals surface area contributed by atoms with Gasteiger partial charge in [-0.15, -0.1) is 11.3 Å². The van der Waals surface area contributed by atoms with E-state index in [1.54, 1.807) is 29.9 Å². The van der Waals surface area contributed by atoms with Crippen LogP contribution in [-0.2, 0) is 0 Å². The van der Waals surface area contributed by atoms with E-state index in [1.807, 2.05) is 12.3 Å². The number of fused-ring (bicyclic) bond motifs is 1. The molecule has 9 heteroatoms. The number of hydrogen-bond acceptors (Lipinski definition) is 7. The van der Waals surface area contributed by atoms with E-state index in [9.17, 15) is 9.90 Å². The molecular formula is C18H16N6O2S. The molecule has 0 aliphatic heterocycles. The minimum absolute atomic E-state index is 0.0461. The number of carbonyl (C=O) groups is 1. The zero-order valence-electron chi connectivity index (χ0n) is 14.6. The predicted octanol–water partition coefficient (Wildman–Crippen LogP) is 2.52. The molecule has 0 aliphatic carbocycles. The largest absolute Gasteiger partial charge is 0.506 e. The van der Waals surface area contributed by atoms with Gasteiger partial charge in [-0.1, -0.05) is 0 Å². The third-order valence-corrected chi connectivity index (χ3v) is 5.25. The maximum Gasteiger partial charge on any atom is 0.254 e. The van der Waals surface area contributed by atoms with Crippen LogP contribution in [-0.4, -0.2) is 30.4 Å². The molecule has 4 heterocycles. The van der Waals surface area contributed by atoms with Crippen molar-refractivity contribution in [3.05, 3.63) is 47.0 Å². The number of pyridine rings is 2. The Bertz CT molecular complexity index is 1200. The predicted molar refractivity (Wildman–Crippen MR) is 104 cm³/mol. The summed E-state index contributed by atoms with van der Waals surface area (Å²) in [5.41, 5.74) is 15.7. The highest BCUT2D eigenvalue weighted by Gasteiger charge is 2.22. The first kappa shape index (κ1) is 17.0. The first-order chi connectivity index (χ1) is 12.9. The summed E-state index contributed by atoms with van der Waals surface area (Å²) in [5, 5.41) is 12.6. The van der Waals surface area contributed by atoms with Gasteiger partial charge in [0.25, 0.3) is 5.91 Å². The number of amides is 1. The minimum Gasteiger partial charge on any atom is -0.506 e. The standard InChI is InChI=1S/C18H16N6O2S/c1-8-12(25)5-22-9(2)13(8)10-6-24-7-11(18-21-3-4-27-18)23-17(24)14(15(10)19)16(20)26/h3-7,25H,19H2,1-2H3,(H2,20,26). The van der Waals surface area contributed by atoms with Crippen molar-refractivity contribution in [1.29, 1.82) is 0 Å². The average Bonchev–Trinajstić information content (AvgIpc) is 3.27. The van der Waals surface area contributed by atoms with Crippen LogP contribution in [0, 0.1) is 13.8 Å². The third-order valence-electron chi connectivity index (χ3n) is 4.45. The average molecular weight is 380 g/mol. The smallest absolute Gasteiger partial charge is 0.254 e. The molecule has 136 valence electrons. The summed E-state index contributed by atoms with van der Waals surface area (Å²) in [6.07, 6.45) is 6.60. The van der Waals surface area contributed by atoms with Crippen LogP contribution in [0.5, 0.6) is 5.75 Å². The number of aromatic hydroxyl groups is 1. The topological polar surface area (TPSA) is 132 Å². The molecule has 8 nitrogen and oxygen atoms in total. The molecule has 0 radical (unpaired) electrons. The van der Waals surface area contributed by atoms with E-state index < -0.39 is 5.91 Å². The highest BCUT2D eigenvalue weighted by atomic mass is 32.1. The van der Waals surface area contributed by atoms with E-state index in [0.717, 1.165) is 5.01 Å². The highest BCUT2D eigenvalue weighted by molar-refractivity contribution is 7.13. The number of primary amides is 1. The molecule has 0 saturated heterocycles. The molecule has 0 bridgehead atoms. The summed E-state index contributed by atoms with van der Waals surface area (Å²) >= 11 is 1.44. The van der Waals surface area contributed by atoms with Gasteiger partial charge < -0.3 is 21.0 Å². The van der Waals surface area contributed by atoms with E-state index >= 15 is 0 Å². The molecule has 0 saturated carbocycles. The van der Waals surface area contributed by atoms with Crippen molar-refractivity contribution in [2.24, 2.45) is 5.73 Å². The molecule has 4 aromatic rings. The summed E-state index contributed by atoms with van der Waals surface area (Å²) in [4.78, 5) is 25.1. The van der Waals surface area contributed by atoms with Crippen LogP contribution >= 0.6 is 11.3 Å². The van der Waals surface area contributed by atoms with Gasteiger partial charge >= 0.3 is 0 Å². The maximum absolute atomic E-state index is 12.2. The number of carbonyl (C=O) groups excluding carboxylic acids is 1. The van der Waals surface area contributed by atoms with Gasteiger partial charge in [-0.2, -0.15) is 0 Å². The number of nitrogen functional groups attached to an aromatic ring is 1. The second-order valence-corrected chi connectivity index (χ2v) is 7.01. The molecule has 4 aromatic heterocycles. The molecule has 0 unspecified atom stereocenters. The molecule has 0 fully saturated rings. The van der Waals surface area contributed by atoms with Crippen LogP contribution in [0.3, 0.4) is 0 Å². The fourth-order valence-corrected chi connectivity index (χ4v) is 3.74. The molecule has 1 amide bonds. The van der Waals surface area contributed by atoms with Gasteiger partial charge in [0.1, 0.15) is 22.0 Å². The van der Waals surface area contributed by atoms with Gasteiger partial charge in [0.15, 0.2) is 5.65 Å². The molecule has 0 aliphatic rings. The van der Waals surface area contributed by atoms with Crippen molar-refractivity contribution in [2.45, 2.75) is 13.8 Å². The molecular weight excluding hydrogens is 364 g/mol. The summed E-state index contributed by atoms with van der Waals surface area (Å²) in [6.45, 7) is 3.58. The van der Waals surface area contributed by atoms with Gasteiger partial charge in [-0.3, -0.25) is 9.78 Å². The normalized spacial score (nSPS) is 11.2. The molecule has 27 heavy (non-hydrogen) atoms. The maximum atomic E-state index is 12.2. The number of nitrogens with two attached hydrogens (primary N) is 2. The Labute approximate surface area is 158 Å². The van der Waals surface area contributed by atoms with Crippen LogP contribution < -0.4 is 11.5 Å². The van der Waals surface area contributed by atoms with Gasteiger partial charge in [0.2, 0.25) is 0 Å². The highest BCUT2D eigenvalue weighted by Crippen LogP contribution is 2.37. The first-order valence-electron chi connectivity index (χ1n) is 8.05. The van der Waals surface area contributed by atoms with Crippen molar-refractivity contribution in [3.63, 3.8) is 0 Å². The monoisotopic (exact) mass is 380 g/mol. The molecule has 4 rings (SSSR count). The molecule has 0 aromatic carbocycles. The quantitative estimate of drug-likeness (QED) is 0.500. The van der Waals surface area contributed by atoms with E-state index in [4.69, 9.17) is 11.5 Å². The third kappa shape index (κ3) is 2.59. The van der Waals surface area contributed by atoms with E-state index in [1.165, 1.54) is 17.5 Å². The molecule has 0 spiro atoms. The fourth-order valence-electron chi connectivity index (χ4n) is 3.15. The number of nitrogens with zero attached hydrogens (tertiary/aromatic N) is 4. The lowest BCUT2D eigenvalue weighted by atomic mass is 9.97. The minimum atomic E-state index is -0.681. The Morgan fingerprint density at radius 2 is 2.04 bits per heavy atom. The lowest BCUT2D eigenvalue weighted by Gasteiger charge is -2.15. The number of imidazole rings is 1. The van der Waals surface area contributed by atoms with E-state index in [2.05, 4.69) is 15.0 Å². The van der Waals surface area contributed by atoms with Crippen LogP contribution in [0.2, 0.25) is 0 Å². The van der Waals surface area contributed by atoms with Gasteiger partial charge in [0.05, 0.1) is 11.9 Å². The number of rotatable bonds is 3. The lowest BCUT2D eigenvalue weighted by Crippen LogP contribution is -2.16. The van der Waals surface area contributed by atoms with E-state index in [0.29, 0.717) is 33.7 Å². The number of aryl methyl sites for hydroxylation is 1. The van der Waals surface area contributed by atoms with Gasteiger partial charge in [-0.05, 0) is 13.8 Å². The van der Waals surface area contributed by atoms with Crippen molar-refractivity contribution < 1.29 is 9.90 Å². The summed E-state index contributed by atoms with van der Waals surface area (Å²) in [5.74, 6) is -0.635. The van der Waals surface area contributed by atoms with Crippen LogP contribution in [0.4, 0.5) is 5.69 Å². The SMILES string of the molecule is Cc1ncc(O)c(C)c1-c1cn2cc(-c3nccs3)nc2c(C(N)=O)c1N. The lowest BCUT2D eigenvalue weighted by molar-refractivity contribution is 0.100. The Kier molecular flexibility index (Phi) is 3.81. The number of aromatic nitrogens is 4. The van der Waals surface area contributed by atoms with E-state index in [-0.39, 0.29) is 17.0 Å². The van der Waals surface area contributed by atoms with Gasteiger partial charge in [0, 0.05) is 46.4 Å². The molecule has 0 atom stereocenters. The van der Waals surface area contributed by atoms with Crippen LogP contribution in [0.25, 0.3) is 27.5 Å². The summed E-state index contributed by atoms with van der Waals surface area (Å²) in [7, 11) is 0. The summed E-state index contributed by atoms with van der Waals surface area (Å²) < 4.78 is 1.70. The molecule has 5 N–H and O–H groups in total. The number of hydrogen-bond donors (Lipinski definition) is 3. The van der Waals surface area contributed by atoms with Crippen molar-refractivity contribution in [1.82, 2.24) is 19.4 Å². The second-order valence-electron chi connectivity index (χ2n) is 6.12. The van der Waals surface area contributed by atoms with Crippen LogP contribution in [0.1, 0.15) is 21.6 Å². The van der Waals surface area contributed by atoms with Crippen molar-refractivity contribution in [2.75, 3.05) is 5.73 Å². The fraction of sp³-hybridized carbons (Fsp3) is 0.111. The van der Waals surface area contributed by atoms with Gasteiger partial charge in [-0.25, -0.2) is 9.97 Å². The Hall–Kier alpha value is -3.46. The van der Waals surface area contributed by atoms with Crippen molar-refractivity contribution >= 4 is 28.6 Å². The summed E-state index contributed by atoms with van der Waals surface area (Å²) in [6, 6.07) is 0. The zero-order valence-corrected chi connectivity index (χ0v) is 15.4. The second kappa shape index (κ2) is 6.06. The Morgan fingerprint density at radius 1 is 1.26 bits per heavy atom. The first-order valence-corrected chi connectivity index (χ1v) is 8.92. The zero-order chi connectivity index (χ0) is 19.3. The number of thiazole rings is 1. The van der Waals surface area contributed by atoms with Crippen molar-refractivity contribution in [3.8, 4) is 27.6 Å².